The van der Waals surface area contributed by atoms with Crippen molar-refractivity contribution in [2.24, 2.45) is 0 Å². The van der Waals surface area contributed by atoms with Crippen molar-refractivity contribution in [3.8, 4) is 0 Å². The highest BCUT2D eigenvalue weighted by atomic mass is 35.5. The number of carboxylic acid groups (broad SMARTS) is 1. The number of nitrogens with one attached hydrogen (secondary N) is 1. The summed E-state index contributed by atoms with van der Waals surface area (Å²) in [7, 11) is 0. The fourth-order valence-corrected chi connectivity index (χ4v) is 2.14. The number of rotatable bonds is 4. The molecule has 2 aromatic carbocycles. The summed E-state index contributed by atoms with van der Waals surface area (Å²) in [4.78, 5) is 23.9. The largest absolute Gasteiger partial charge is 0.479 e. The Kier molecular flexibility index (Phi) is 4.29. The fourth-order valence-electron chi connectivity index (χ4n) is 1.95. The molecule has 1 amide bonds. The van der Waals surface area contributed by atoms with Crippen LogP contribution in [0.3, 0.4) is 0 Å². The topological polar surface area (TPSA) is 66.4 Å². The second kappa shape index (κ2) is 5.97. The Hall–Kier alpha value is -2.33. The molecule has 21 heavy (non-hydrogen) atoms. The molecule has 2 rings (SSSR count). The van der Waals surface area contributed by atoms with E-state index in [1.807, 2.05) is 0 Å². The highest BCUT2D eigenvalue weighted by molar-refractivity contribution is 6.31. The first-order chi connectivity index (χ1) is 9.93. The number of carboxylic acids is 1. The van der Waals surface area contributed by atoms with Gasteiger partial charge in [-0.2, -0.15) is 0 Å². The van der Waals surface area contributed by atoms with E-state index in [-0.39, 0.29) is 0 Å². The van der Waals surface area contributed by atoms with Crippen LogP contribution in [0.25, 0.3) is 0 Å². The zero-order valence-electron chi connectivity index (χ0n) is 11.3. The van der Waals surface area contributed by atoms with Crippen molar-refractivity contribution in [2.45, 2.75) is 12.5 Å². The van der Waals surface area contributed by atoms with Gasteiger partial charge in [0.15, 0.2) is 5.54 Å². The third kappa shape index (κ3) is 3.23. The van der Waals surface area contributed by atoms with E-state index in [0.717, 1.165) is 0 Å². The van der Waals surface area contributed by atoms with Crippen LogP contribution in [0.1, 0.15) is 22.8 Å². The molecule has 2 N–H and O–H groups in total. The van der Waals surface area contributed by atoms with Gasteiger partial charge >= 0.3 is 5.97 Å². The zero-order chi connectivity index (χ0) is 15.5. The minimum absolute atomic E-state index is 0.311. The molecule has 0 aliphatic rings. The molecule has 1 unspecified atom stereocenters. The van der Waals surface area contributed by atoms with Gasteiger partial charge in [-0.1, -0.05) is 48.0 Å². The standard InChI is InChI=1S/C16H14ClNO3/c1-16(15(20)21,12-7-3-2-4-8-12)18-14(19)11-6-5-9-13(17)10-11/h2-10H,1H3,(H,18,19)(H,20,21). The Morgan fingerprint density at radius 3 is 2.33 bits per heavy atom. The Morgan fingerprint density at radius 1 is 1.10 bits per heavy atom. The molecule has 0 spiro atoms. The van der Waals surface area contributed by atoms with Gasteiger partial charge in [0.2, 0.25) is 0 Å². The summed E-state index contributed by atoms with van der Waals surface area (Å²) in [5.74, 6) is -1.63. The first-order valence-corrected chi connectivity index (χ1v) is 6.68. The van der Waals surface area contributed by atoms with E-state index in [1.165, 1.54) is 13.0 Å². The van der Waals surface area contributed by atoms with Crippen molar-refractivity contribution in [3.63, 3.8) is 0 Å². The van der Waals surface area contributed by atoms with E-state index in [0.29, 0.717) is 16.1 Å². The fraction of sp³-hybridized carbons (Fsp3) is 0.125. The molecule has 0 saturated heterocycles. The van der Waals surface area contributed by atoms with Crippen molar-refractivity contribution in [1.29, 1.82) is 0 Å². The second-order valence-electron chi connectivity index (χ2n) is 4.76. The van der Waals surface area contributed by atoms with E-state index in [9.17, 15) is 14.7 Å². The number of hydrogen-bond donors (Lipinski definition) is 2. The Bertz CT molecular complexity index is 672. The number of carbonyl (C=O) groups excluding carboxylic acids is 1. The minimum atomic E-state index is -1.51. The van der Waals surface area contributed by atoms with Crippen LogP contribution in [-0.4, -0.2) is 17.0 Å². The predicted octanol–water partition coefficient (Wildman–Crippen LogP) is 3.07. The van der Waals surface area contributed by atoms with E-state index in [1.54, 1.807) is 48.5 Å². The molecule has 5 heteroatoms. The quantitative estimate of drug-likeness (QED) is 0.912. The smallest absolute Gasteiger partial charge is 0.333 e. The molecule has 4 nitrogen and oxygen atoms in total. The van der Waals surface area contributed by atoms with Crippen molar-refractivity contribution < 1.29 is 14.7 Å². The van der Waals surface area contributed by atoms with Gasteiger partial charge < -0.3 is 10.4 Å². The van der Waals surface area contributed by atoms with E-state index < -0.39 is 17.4 Å². The number of benzene rings is 2. The molecule has 0 bridgehead atoms. The Balaban J connectivity index is 2.33. The van der Waals surface area contributed by atoms with Crippen LogP contribution in [0.15, 0.2) is 54.6 Å². The lowest BCUT2D eigenvalue weighted by molar-refractivity contribution is -0.144. The summed E-state index contributed by atoms with van der Waals surface area (Å²) in [6.07, 6.45) is 0. The van der Waals surface area contributed by atoms with Gasteiger partial charge in [0.25, 0.3) is 5.91 Å². The highest BCUT2D eigenvalue weighted by Crippen LogP contribution is 2.22. The number of hydrogen-bond acceptors (Lipinski definition) is 2. The third-order valence-electron chi connectivity index (χ3n) is 3.23. The molecule has 0 heterocycles. The van der Waals surface area contributed by atoms with Crippen molar-refractivity contribution >= 4 is 23.5 Å². The zero-order valence-corrected chi connectivity index (χ0v) is 12.1. The van der Waals surface area contributed by atoms with Crippen LogP contribution in [0.2, 0.25) is 5.02 Å². The molecule has 0 aromatic heterocycles. The number of amides is 1. The highest BCUT2D eigenvalue weighted by Gasteiger charge is 2.36. The van der Waals surface area contributed by atoms with Crippen LogP contribution < -0.4 is 5.32 Å². The lowest BCUT2D eigenvalue weighted by atomic mass is 9.91. The first-order valence-electron chi connectivity index (χ1n) is 6.30. The monoisotopic (exact) mass is 303 g/mol. The number of aliphatic carboxylic acids is 1. The summed E-state index contributed by atoms with van der Waals surface area (Å²) in [5, 5.41) is 12.5. The lowest BCUT2D eigenvalue weighted by Gasteiger charge is -2.26. The second-order valence-corrected chi connectivity index (χ2v) is 5.20. The average Bonchev–Trinajstić information content (AvgIpc) is 2.47. The molecular formula is C16H14ClNO3. The van der Waals surface area contributed by atoms with E-state index in [2.05, 4.69) is 5.32 Å². The Morgan fingerprint density at radius 2 is 1.76 bits per heavy atom. The van der Waals surface area contributed by atoms with Gasteiger partial charge in [-0.15, -0.1) is 0 Å². The molecule has 0 aliphatic heterocycles. The molecule has 0 radical (unpaired) electrons. The minimum Gasteiger partial charge on any atom is -0.479 e. The first kappa shape index (κ1) is 15.1. The molecule has 1 atom stereocenters. The summed E-state index contributed by atoms with van der Waals surface area (Å²) in [6, 6.07) is 14.9. The maximum Gasteiger partial charge on any atom is 0.333 e. The summed E-state index contributed by atoms with van der Waals surface area (Å²) >= 11 is 5.84. The van der Waals surface area contributed by atoms with E-state index >= 15 is 0 Å². The molecule has 0 fully saturated rings. The van der Waals surface area contributed by atoms with Crippen LogP contribution in [0.4, 0.5) is 0 Å². The van der Waals surface area contributed by atoms with Gasteiger partial charge in [0.05, 0.1) is 0 Å². The predicted molar refractivity (Wildman–Crippen MR) is 80.3 cm³/mol. The number of carbonyl (C=O) groups is 2. The van der Waals surface area contributed by atoms with Crippen LogP contribution in [0, 0.1) is 0 Å². The van der Waals surface area contributed by atoms with Gasteiger partial charge in [-0.3, -0.25) is 4.79 Å². The van der Waals surface area contributed by atoms with Gasteiger partial charge in [0.1, 0.15) is 0 Å². The third-order valence-corrected chi connectivity index (χ3v) is 3.46. The van der Waals surface area contributed by atoms with Gasteiger partial charge in [0, 0.05) is 10.6 Å². The van der Waals surface area contributed by atoms with Crippen molar-refractivity contribution in [3.05, 3.63) is 70.7 Å². The molecule has 2 aromatic rings. The van der Waals surface area contributed by atoms with Gasteiger partial charge in [-0.05, 0) is 30.7 Å². The van der Waals surface area contributed by atoms with Crippen LogP contribution in [-0.2, 0) is 10.3 Å². The van der Waals surface area contributed by atoms with Crippen LogP contribution in [0.5, 0.6) is 0 Å². The summed E-state index contributed by atoms with van der Waals surface area (Å²) < 4.78 is 0. The van der Waals surface area contributed by atoms with Crippen molar-refractivity contribution in [2.75, 3.05) is 0 Å². The molecule has 0 aliphatic carbocycles. The Labute approximate surface area is 127 Å². The van der Waals surface area contributed by atoms with Gasteiger partial charge in [-0.25, -0.2) is 4.79 Å². The maximum absolute atomic E-state index is 12.3. The normalized spacial score (nSPS) is 13.2. The maximum atomic E-state index is 12.3. The summed E-state index contributed by atoms with van der Waals surface area (Å²) in [6.45, 7) is 1.45. The number of halogens is 1. The molecule has 0 saturated carbocycles. The molecular weight excluding hydrogens is 290 g/mol. The SMILES string of the molecule is CC(NC(=O)c1cccc(Cl)c1)(C(=O)O)c1ccccc1. The van der Waals surface area contributed by atoms with Crippen molar-refractivity contribution in [1.82, 2.24) is 5.32 Å². The van der Waals surface area contributed by atoms with Crippen LogP contribution >= 0.6 is 11.6 Å². The van der Waals surface area contributed by atoms with E-state index in [4.69, 9.17) is 11.6 Å². The summed E-state index contributed by atoms with van der Waals surface area (Å²) in [5.41, 5.74) is -0.709. The average molecular weight is 304 g/mol. The lowest BCUT2D eigenvalue weighted by Crippen LogP contribution is -2.49. The molecule has 108 valence electrons.